The molecular formula is C17H20ClNS. The molecule has 0 radical (unpaired) electrons. The van der Waals surface area contributed by atoms with Crippen LogP contribution < -0.4 is 5.32 Å². The normalized spacial score (nSPS) is 10.8. The Bertz CT molecular complexity index is 596. The monoisotopic (exact) mass is 305 g/mol. The number of nitrogens with one attached hydrogen (secondary N) is 1. The molecule has 1 nitrogen and oxygen atoms in total. The van der Waals surface area contributed by atoms with Gasteiger partial charge in [-0.05, 0) is 49.7 Å². The standard InChI is InChI=1S/C17H20ClNS/c1-4-19-11-14-6-8-17(15(18)10-14)20-16-7-5-12(2)9-13(16)3/h5-10,19H,4,11H2,1-3H3. The van der Waals surface area contributed by atoms with E-state index in [0.717, 1.165) is 23.0 Å². The van der Waals surface area contributed by atoms with Gasteiger partial charge in [0.15, 0.2) is 0 Å². The molecule has 0 aromatic heterocycles. The molecule has 0 atom stereocenters. The van der Waals surface area contributed by atoms with Crippen LogP contribution in [0.2, 0.25) is 5.02 Å². The van der Waals surface area contributed by atoms with Crippen molar-refractivity contribution < 1.29 is 0 Å². The van der Waals surface area contributed by atoms with Gasteiger partial charge in [0.1, 0.15) is 0 Å². The van der Waals surface area contributed by atoms with E-state index in [9.17, 15) is 0 Å². The number of aryl methyl sites for hydroxylation is 2. The third kappa shape index (κ3) is 4.02. The average molecular weight is 306 g/mol. The average Bonchev–Trinajstić information content (AvgIpc) is 2.42. The van der Waals surface area contributed by atoms with Crippen molar-refractivity contribution in [2.45, 2.75) is 37.1 Å². The van der Waals surface area contributed by atoms with Gasteiger partial charge in [0, 0.05) is 16.3 Å². The fraction of sp³-hybridized carbons (Fsp3) is 0.294. The fourth-order valence-corrected chi connectivity index (χ4v) is 3.24. The lowest BCUT2D eigenvalue weighted by molar-refractivity contribution is 0.726. The van der Waals surface area contributed by atoms with Crippen molar-refractivity contribution >= 4 is 23.4 Å². The van der Waals surface area contributed by atoms with Crippen LogP contribution in [0.3, 0.4) is 0 Å². The van der Waals surface area contributed by atoms with Gasteiger partial charge in [0.25, 0.3) is 0 Å². The maximum atomic E-state index is 6.39. The SMILES string of the molecule is CCNCc1ccc(Sc2ccc(C)cc2C)c(Cl)c1. The van der Waals surface area contributed by atoms with E-state index in [1.165, 1.54) is 21.6 Å². The van der Waals surface area contributed by atoms with Crippen LogP contribution in [0.5, 0.6) is 0 Å². The van der Waals surface area contributed by atoms with Gasteiger partial charge in [-0.3, -0.25) is 0 Å². The minimum absolute atomic E-state index is 0.824. The Morgan fingerprint density at radius 3 is 2.45 bits per heavy atom. The van der Waals surface area contributed by atoms with Crippen LogP contribution in [0.25, 0.3) is 0 Å². The minimum Gasteiger partial charge on any atom is -0.313 e. The van der Waals surface area contributed by atoms with Gasteiger partial charge < -0.3 is 5.32 Å². The number of hydrogen-bond acceptors (Lipinski definition) is 2. The highest BCUT2D eigenvalue weighted by atomic mass is 35.5. The second-order valence-corrected chi connectivity index (χ2v) is 6.41. The lowest BCUT2D eigenvalue weighted by Gasteiger charge is -2.10. The molecule has 20 heavy (non-hydrogen) atoms. The topological polar surface area (TPSA) is 12.0 Å². The largest absolute Gasteiger partial charge is 0.313 e. The van der Waals surface area contributed by atoms with Gasteiger partial charge in [-0.15, -0.1) is 0 Å². The van der Waals surface area contributed by atoms with Crippen molar-refractivity contribution in [2.75, 3.05) is 6.54 Å². The Morgan fingerprint density at radius 2 is 1.80 bits per heavy atom. The Balaban J connectivity index is 2.17. The number of hydrogen-bond donors (Lipinski definition) is 1. The van der Waals surface area contributed by atoms with Gasteiger partial charge in [-0.2, -0.15) is 0 Å². The highest BCUT2D eigenvalue weighted by Crippen LogP contribution is 2.35. The molecule has 0 heterocycles. The van der Waals surface area contributed by atoms with E-state index < -0.39 is 0 Å². The summed E-state index contributed by atoms with van der Waals surface area (Å²) in [6.45, 7) is 8.19. The van der Waals surface area contributed by atoms with Crippen LogP contribution in [-0.2, 0) is 6.54 Å². The van der Waals surface area contributed by atoms with E-state index in [1.807, 2.05) is 0 Å². The summed E-state index contributed by atoms with van der Waals surface area (Å²) in [7, 11) is 0. The highest BCUT2D eigenvalue weighted by Gasteiger charge is 2.06. The first-order valence-electron chi connectivity index (χ1n) is 6.84. The summed E-state index contributed by atoms with van der Waals surface area (Å²) in [5, 5.41) is 4.14. The number of rotatable bonds is 5. The zero-order chi connectivity index (χ0) is 14.5. The Hall–Kier alpha value is -0.960. The summed E-state index contributed by atoms with van der Waals surface area (Å²) in [6.07, 6.45) is 0. The molecule has 0 aliphatic heterocycles. The Kier molecular flexibility index (Phi) is 5.53. The van der Waals surface area contributed by atoms with Crippen molar-refractivity contribution in [1.29, 1.82) is 0 Å². The van der Waals surface area contributed by atoms with E-state index in [1.54, 1.807) is 11.8 Å². The summed E-state index contributed by atoms with van der Waals surface area (Å²) in [5.41, 5.74) is 3.81. The molecule has 3 heteroatoms. The zero-order valence-electron chi connectivity index (χ0n) is 12.2. The molecule has 2 aromatic carbocycles. The molecule has 0 unspecified atom stereocenters. The molecule has 0 saturated heterocycles. The van der Waals surface area contributed by atoms with Gasteiger partial charge >= 0.3 is 0 Å². The maximum Gasteiger partial charge on any atom is 0.0548 e. The third-order valence-corrected chi connectivity index (χ3v) is 4.80. The van der Waals surface area contributed by atoms with E-state index in [-0.39, 0.29) is 0 Å². The maximum absolute atomic E-state index is 6.39. The highest BCUT2D eigenvalue weighted by molar-refractivity contribution is 7.99. The summed E-state index contributed by atoms with van der Waals surface area (Å²) < 4.78 is 0. The van der Waals surface area contributed by atoms with Crippen LogP contribution >= 0.6 is 23.4 Å². The smallest absolute Gasteiger partial charge is 0.0548 e. The van der Waals surface area contributed by atoms with Crippen molar-refractivity contribution in [3.05, 3.63) is 58.1 Å². The van der Waals surface area contributed by atoms with Gasteiger partial charge in [-0.25, -0.2) is 0 Å². The van der Waals surface area contributed by atoms with E-state index in [0.29, 0.717) is 0 Å². The number of halogens is 1. The molecule has 0 bridgehead atoms. The molecule has 0 fully saturated rings. The summed E-state index contributed by atoms with van der Waals surface area (Å²) >= 11 is 8.12. The Morgan fingerprint density at radius 1 is 1.05 bits per heavy atom. The van der Waals surface area contributed by atoms with Crippen LogP contribution in [0.15, 0.2) is 46.2 Å². The van der Waals surface area contributed by atoms with E-state index >= 15 is 0 Å². The third-order valence-electron chi connectivity index (χ3n) is 3.13. The second-order valence-electron chi connectivity index (χ2n) is 4.92. The van der Waals surface area contributed by atoms with Gasteiger partial charge in [-0.1, -0.05) is 54.0 Å². The summed E-state index contributed by atoms with van der Waals surface area (Å²) in [4.78, 5) is 2.37. The minimum atomic E-state index is 0.824. The van der Waals surface area contributed by atoms with Gasteiger partial charge in [0.2, 0.25) is 0 Å². The first-order valence-corrected chi connectivity index (χ1v) is 8.04. The molecule has 0 spiro atoms. The molecule has 106 valence electrons. The van der Waals surface area contributed by atoms with Crippen LogP contribution in [0.1, 0.15) is 23.6 Å². The van der Waals surface area contributed by atoms with Gasteiger partial charge in [0.05, 0.1) is 5.02 Å². The molecule has 0 amide bonds. The molecule has 1 N–H and O–H groups in total. The molecule has 2 aromatic rings. The predicted molar refractivity (Wildman–Crippen MR) is 88.9 cm³/mol. The first kappa shape index (κ1) is 15.4. The lowest BCUT2D eigenvalue weighted by atomic mass is 10.2. The molecule has 0 aliphatic carbocycles. The first-order chi connectivity index (χ1) is 9.60. The van der Waals surface area contributed by atoms with Crippen molar-refractivity contribution in [3.8, 4) is 0 Å². The molecular weight excluding hydrogens is 286 g/mol. The predicted octanol–water partition coefficient (Wildman–Crippen LogP) is 5.22. The molecule has 2 rings (SSSR count). The summed E-state index contributed by atoms with van der Waals surface area (Å²) in [5.74, 6) is 0. The second kappa shape index (κ2) is 7.16. The molecule has 0 saturated carbocycles. The van der Waals surface area contributed by atoms with Crippen molar-refractivity contribution in [2.24, 2.45) is 0 Å². The Labute approximate surface area is 130 Å². The van der Waals surface area contributed by atoms with Crippen molar-refractivity contribution in [3.63, 3.8) is 0 Å². The zero-order valence-corrected chi connectivity index (χ0v) is 13.7. The fourth-order valence-electron chi connectivity index (χ4n) is 2.04. The summed E-state index contributed by atoms with van der Waals surface area (Å²) in [6, 6.07) is 12.8. The quantitative estimate of drug-likeness (QED) is 0.813. The van der Waals surface area contributed by atoms with Crippen LogP contribution in [0, 0.1) is 13.8 Å². The van der Waals surface area contributed by atoms with E-state index in [2.05, 4.69) is 62.5 Å². The van der Waals surface area contributed by atoms with Crippen LogP contribution in [0.4, 0.5) is 0 Å². The van der Waals surface area contributed by atoms with Crippen LogP contribution in [-0.4, -0.2) is 6.54 Å². The van der Waals surface area contributed by atoms with Crippen molar-refractivity contribution in [1.82, 2.24) is 5.32 Å². The lowest BCUT2D eigenvalue weighted by Crippen LogP contribution is -2.11. The van der Waals surface area contributed by atoms with E-state index in [4.69, 9.17) is 11.6 Å². The molecule has 0 aliphatic rings. The number of benzene rings is 2.